The molecular weight excluding hydrogens is 357 g/mol. The maximum Gasteiger partial charge on any atom is 0.490 e. The van der Waals surface area contributed by atoms with Crippen molar-refractivity contribution in [1.82, 2.24) is 9.88 Å². The van der Waals surface area contributed by atoms with Crippen molar-refractivity contribution in [2.45, 2.75) is 45.0 Å². The molecule has 2 fully saturated rings. The molecule has 2 aliphatic rings. The van der Waals surface area contributed by atoms with E-state index in [0.29, 0.717) is 6.10 Å². The van der Waals surface area contributed by atoms with Crippen molar-refractivity contribution in [2.75, 3.05) is 20.2 Å². The lowest BCUT2D eigenvalue weighted by molar-refractivity contribution is -0.192. The topological polar surface area (TPSA) is 62.7 Å². The number of thiazole rings is 1. The van der Waals surface area contributed by atoms with Crippen molar-refractivity contribution >= 4 is 17.3 Å². The summed E-state index contributed by atoms with van der Waals surface area (Å²) < 4.78 is 37.4. The Kier molecular flexibility index (Phi) is 6.81. The van der Waals surface area contributed by atoms with Crippen molar-refractivity contribution in [1.29, 1.82) is 0 Å². The second-order valence-electron chi connectivity index (χ2n) is 6.48. The van der Waals surface area contributed by atoms with E-state index in [9.17, 15) is 13.2 Å². The minimum absolute atomic E-state index is 0.492. The molecule has 0 spiro atoms. The van der Waals surface area contributed by atoms with Crippen molar-refractivity contribution in [3.63, 3.8) is 0 Å². The largest absolute Gasteiger partial charge is 0.490 e. The number of likely N-dealkylation sites (tertiary alicyclic amines) is 1. The van der Waals surface area contributed by atoms with Crippen molar-refractivity contribution in [2.24, 2.45) is 11.8 Å². The molecule has 3 rings (SSSR count). The number of fused-ring (bicyclic) bond motifs is 1. The molecule has 1 saturated carbocycles. The number of alkyl halides is 3. The number of methoxy groups -OCH3 is 1. The standard InChI is InChI=1S/C14H22N2OS.C2HF3O2/c1-10-15-12(9-18-10)7-16-6-11-4-3-5-14(17-2)13(11)8-16;3-2(4,5)1(6)7/h9,11,13-14H,3-8H2,1-2H3;(H,6,7)/t11-,13+,14?;/m1./s1. The van der Waals surface area contributed by atoms with E-state index in [1.54, 1.807) is 11.3 Å². The van der Waals surface area contributed by atoms with E-state index in [-0.39, 0.29) is 0 Å². The van der Waals surface area contributed by atoms with E-state index < -0.39 is 12.1 Å². The van der Waals surface area contributed by atoms with Crippen molar-refractivity contribution < 1.29 is 27.8 Å². The quantitative estimate of drug-likeness (QED) is 0.872. The van der Waals surface area contributed by atoms with Gasteiger partial charge in [0.15, 0.2) is 0 Å². The summed E-state index contributed by atoms with van der Waals surface area (Å²) >= 11 is 1.76. The van der Waals surface area contributed by atoms with Gasteiger partial charge in [0, 0.05) is 38.0 Å². The minimum atomic E-state index is -5.08. The first-order valence-corrected chi connectivity index (χ1v) is 9.05. The zero-order valence-electron chi connectivity index (χ0n) is 14.3. The first-order valence-electron chi connectivity index (χ1n) is 8.17. The number of rotatable bonds is 3. The summed E-state index contributed by atoms with van der Waals surface area (Å²) in [6, 6.07) is 0. The molecule has 1 unspecified atom stereocenters. The Bertz CT molecular complexity index is 579. The molecule has 1 aromatic heterocycles. The number of nitrogens with zero attached hydrogens (tertiary/aromatic N) is 2. The van der Waals surface area contributed by atoms with Crippen LogP contribution in [0.25, 0.3) is 0 Å². The van der Waals surface area contributed by atoms with Gasteiger partial charge >= 0.3 is 12.1 Å². The van der Waals surface area contributed by atoms with E-state index in [1.807, 2.05) is 7.11 Å². The third-order valence-electron chi connectivity index (χ3n) is 4.71. The number of hydrogen-bond donors (Lipinski definition) is 1. The fourth-order valence-electron chi connectivity index (χ4n) is 3.64. The second-order valence-corrected chi connectivity index (χ2v) is 7.55. The van der Waals surface area contributed by atoms with E-state index >= 15 is 0 Å². The van der Waals surface area contributed by atoms with Crippen LogP contribution in [0.2, 0.25) is 0 Å². The van der Waals surface area contributed by atoms with E-state index in [0.717, 1.165) is 18.4 Å². The first kappa shape index (κ1) is 20.1. The summed E-state index contributed by atoms with van der Waals surface area (Å²) in [6.07, 6.45) is -0.618. The lowest BCUT2D eigenvalue weighted by Gasteiger charge is -2.31. The fourth-order valence-corrected chi connectivity index (χ4v) is 4.25. The molecule has 0 radical (unpaired) electrons. The van der Waals surface area contributed by atoms with Crippen LogP contribution in [0, 0.1) is 18.8 Å². The summed E-state index contributed by atoms with van der Waals surface area (Å²) in [5.41, 5.74) is 1.24. The van der Waals surface area contributed by atoms with E-state index in [4.69, 9.17) is 14.6 Å². The molecule has 25 heavy (non-hydrogen) atoms. The molecule has 0 bridgehead atoms. The molecule has 1 saturated heterocycles. The number of aliphatic carboxylic acids is 1. The molecule has 0 aromatic carbocycles. The number of ether oxygens (including phenoxy) is 1. The van der Waals surface area contributed by atoms with Gasteiger partial charge in [-0.1, -0.05) is 6.42 Å². The highest BCUT2D eigenvalue weighted by Gasteiger charge is 2.40. The van der Waals surface area contributed by atoms with Gasteiger partial charge in [-0.2, -0.15) is 13.2 Å². The van der Waals surface area contributed by atoms with Crippen LogP contribution in [0.1, 0.15) is 30.0 Å². The van der Waals surface area contributed by atoms with E-state index in [2.05, 4.69) is 22.2 Å². The molecule has 3 atom stereocenters. The highest BCUT2D eigenvalue weighted by molar-refractivity contribution is 7.09. The number of halogens is 3. The molecule has 1 aliphatic carbocycles. The van der Waals surface area contributed by atoms with Crippen LogP contribution in [0.3, 0.4) is 0 Å². The van der Waals surface area contributed by atoms with Crippen LogP contribution in [0.4, 0.5) is 13.2 Å². The van der Waals surface area contributed by atoms with Crippen LogP contribution < -0.4 is 0 Å². The summed E-state index contributed by atoms with van der Waals surface area (Å²) in [5.74, 6) is -1.15. The molecule has 1 N–H and O–H groups in total. The van der Waals surface area contributed by atoms with Gasteiger partial charge in [-0.15, -0.1) is 11.3 Å². The van der Waals surface area contributed by atoms with Crippen molar-refractivity contribution in [3.05, 3.63) is 16.1 Å². The molecule has 2 heterocycles. The summed E-state index contributed by atoms with van der Waals surface area (Å²) in [5, 5.41) is 10.5. The normalized spacial score (nSPS) is 26.7. The van der Waals surface area contributed by atoms with Gasteiger partial charge in [-0.3, -0.25) is 4.90 Å². The molecule has 9 heteroatoms. The number of carbonyl (C=O) groups is 1. The Morgan fingerprint density at radius 3 is 2.64 bits per heavy atom. The average Bonchev–Trinajstić information content (AvgIpc) is 3.12. The van der Waals surface area contributed by atoms with Crippen LogP contribution in [0.15, 0.2) is 5.38 Å². The van der Waals surface area contributed by atoms with Crippen LogP contribution in [-0.2, 0) is 16.1 Å². The predicted octanol–water partition coefficient (Wildman–Crippen LogP) is 3.33. The highest BCUT2D eigenvalue weighted by atomic mass is 32.1. The third kappa shape index (κ3) is 5.65. The maximum atomic E-state index is 10.6. The molecule has 5 nitrogen and oxygen atoms in total. The second kappa shape index (κ2) is 8.46. The van der Waals surface area contributed by atoms with Crippen molar-refractivity contribution in [3.8, 4) is 0 Å². The van der Waals surface area contributed by atoms with Gasteiger partial charge in [0.2, 0.25) is 0 Å². The molecular formula is C16H23F3N2O3S. The van der Waals surface area contributed by atoms with Crippen LogP contribution in [0.5, 0.6) is 0 Å². The summed E-state index contributed by atoms with van der Waals surface area (Å²) in [4.78, 5) is 16.0. The molecule has 1 aromatic rings. The Hall–Kier alpha value is -1.19. The average molecular weight is 380 g/mol. The smallest absolute Gasteiger partial charge is 0.475 e. The van der Waals surface area contributed by atoms with Gasteiger partial charge in [0.25, 0.3) is 0 Å². The van der Waals surface area contributed by atoms with E-state index in [1.165, 1.54) is 43.1 Å². The third-order valence-corrected chi connectivity index (χ3v) is 5.53. The molecule has 142 valence electrons. The van der Waals surface area contributed by atoms with Crippen LogP contribution in [-0.4, -0.2) is 53.4 Å². The molecule has 0 amide bonds. The minimum Gasteiger partial charge on any atom is -0.475 e. The van der Waals surface area contributed by atoms with Gasteiger partial charge < -0.3 is 9.84 Å². The molecule has 1 aliphatic heterocycles. The SMILES string of the molecule is COC1CCC[C@@H]2CN(Cc3csc(C)n3)C[C@H]12.O=C(O)C(F)(F)F. The number of carboxylic acid groups (broad SMARTS) is 1. The fraction of sp³-hybridized carbons (Fsp3) is 0.750. The first-order chi connectivity index (χ1) is 11.7. The van der Waals surface area contributed by atoms with Crippen LogP contribution >= 0.6 is 11.3 Å². The van der Waals surface area contributed by atoms with Gasteiger partial charge in [-0.05, 0) is 25.7 Å². The maximum absolute atomic E-state index is 10.6. The zero-order chi connectivity index (χ0) is 18.6. The van der Waals surface area contributed by atoms with Gasteiger partial charge in [0.05, 0.1) is 16.8 Å². The highest BCUT2D eigenvalue weighted by Crippen LogP contribution is 2.38. The lowest BCUT2D eigenvalue weighted by atomic mass is 9.79. The summed E-state index contributed by atoms with van der Waals surface area (Å²) in [7, 11) is 1.87. The number of aryl methyl sites for hydroxylation is 1. The lowest BCUT2D eigenvalue weighted by Crippen LogP contribution is -2.33. The van der Waals surface area contributed by atoms with Gasteiger partial charge in [0.1, 0.15) is 0 Å². The zero-order valence-corrected chi connectivity index (χ0v) is 15.1. The van der Waals surface area contributed by atoms with Gasteiger partial charge in [-0.25, -0.2) is 9.78 Å². The Balaban J connectivity index is 0.000000277. The number of aromatic nitrogens is 1. The Labute approximate surface area is 148 Å². The predicted molar refractivity (Wildman–Crippen MR) is 87.4 cm³/mol. The number of hydrogen-bond acceptors (Lipinski definition) is 5. The Morgan fingerprint density at radius 1 is 1.44 bits per heavy atom. The Morgan fingerprint density at radius 2 is 2.12 bits per heavy atom. The monoisotopic (exact) mass is 380 g/mol. The summed E-state index contributed by atoms with van der Waals surface area (Å²) in [6.45, 7) is 5.54. The number of carboxylic acids is 1.